The fraction of sp³-hybridized carbons (Fsp3) is 0.696. The molecule has 30 heavy (non-hydrogen) atoms. The predicted molar refractivity (Wildman–Crippen MR) is 137 cm³/mol. The minimum absolute atomic E-state index is 0. The van der Waals surface area contributed by atoms with Crippen molar-refractivity contribution in [2.45, 2.75) is 52.9 Å². The fourth-order valence-electron chi connectivity index (χ4n) is 3.36. The maximum atomic E-state index is 9.34. The van der Waals surface area contributed by atoms with Crippen LogP contribution in [0.5, 0.6) is 11.5 Å². The number of nitrogens with zero attached hydrogens (tertiary/aromatic N) is 1. The van der Waals surface area contributed by atoms with E-state index < -0.39 is 0 Å². The molecule has 0 amide bonds. The van der Waals surface area contributed by atoms with E-state index in [-0.39, 0.29) is 36.0 Å². The van der Waals surface area contributed by atoms with Gasteiger partial charge in [-0.05, 0) is 49.3 Å². The van der Waals surface area contributed by atoms with Crippen LogP contribution >= 0.6 is 24.0 Å². The molecule has 0 saturated carbocycles. The van der Waals surface area contributed by atoms with Gasteiger partial charge in [0.15, 0.2) is 17.5 Å². The zero-order valence-corrected chi connectivity index (χ0v) is 22.1. The number of halogens is 1. The van der Waals surface area contributed by atoms with Gasteiger partial charge in [0.05, 0.1) is 20.8 Å². The summed E-state index contributed by atoms with van der Waals surface area (Å²) in [6.07, 6.45) is 1.89. The van der Waals surface area contributed by atoms with E-state index in [1.165, 1.54) is 0 Å². The summed E-state index contributed by atoms with van der Waals surface area (Å²) >= 11 is 0. The summed E-state index contributed by atoms with van der Waals surface area (Å²) in [6, 6.07) is 6.03. The van der Waals surface area contributed by atoms with Crippen molar-refractivity contribution in [2.24, 2.45) is 16.8 Å². The van der Waals surface area contributed by atoms with Gasteiger partial charge in [-0.2, -0.15) is 0 Å². The van der Waals surface area contributed by atoms with Crippen LogP contribution in [0, 0.1) is 11.8 Å². The Morgan fingerprint density at radius 2 is 1.80 bits per heavy atom. The quantitative estimate of drug-likeness (QED) is 0.213. The van der Waals surface area contributed by atoms with Crippen LogP contribution in [0.15, 0.2) is 23.2 Å². The molecule has 1 rings (SSSR count). The molecule has 7 heteroatoms. The van der Waals surface area contributed by atoms with E-state index in [1.807, 2.05) is 12.1 Å². The SMILES string of the molecule is CCNC(=NCC(C)(C)c1ccc(OC)c(OC)c1)NCC(CCO)CC(C)C.I. The van der Waals surface area contributed by atoms with Gasteiger partial charge in [-0.25, -0.2) is 0 Å². The van der Waals surface area contributed by atoms with E-state index in [2.05, 4.69) is 51.3 Å². The van der Waals surface area contributed by atoms with Crippen molar-refractivity contribution in [3.63, 3.8) is 0 Å². The summed E-state index contributed by atoms with van der Waals surface area (Å²) in [6.45, 7) is 13.3. The number of hydrogen-bond donors (Lipinski definition) is 3. The van der Waals surface area contributed by atoms with Crippen molar-refractivity contribution in [1.82, 2.24) is 10.6 Å². The molecule has 0 radical (unpaired) electrons. The van der Waals surface area contributed by atoms with E-state index >= 15 is 0 Å². The molecule has 174 valence electrons. The van der Waals surface area contributed by atoms with E-state index in [4.69, 9.17) is 14.5 Å². The van der Waals surface area contributed by atoms with E-state index in [1.54, 1.807) is 14.2 Å². The second-order valence-electron chi connectivity index (χ2n) is 8.54. The number of aliphatic hydroxyl groups excluding tert-OH is 1. The van der Waals surface area contributed by atoms with Gasteiger partial charge in [0, 0.05) is 25.1 Å². The average Bonchev–Trinajstić information content (AvgIpc) is 2.69. The Balaban J connectivity index is 0.00000841. The average molecular weight is 536 g/mol. The number of benzene rings is 1. The summed E-state index contributed by atoms with van der Waals surface area (Å²) in [5.74, 6) is 3.31. The Morgan fingerprint density at radius 3 is 2.33 bits per heavy atom. The number of guanidine groups is 1. The number of hydrogen-bond acceptors (Lipinski definition) is 4. The summed E-state index contributed by atoms with van der Waals surface area (Å²) in [5, 5.41) is 16.1. The largest absolute Gasteiger partial charge is 0.493 e. The van der Waals surface area contributed by atoms with Crippen LogP contribution in [0.1, 0.15) is 53.0 Å². The Morgan fingerprint density at radius 1 is 1.13 bits per heavy atom. The first kappa shape index (κ1) is 28.8. The number of methoxy groups -OCH3 is 2. The lowest BCUT2D eigenvalue weighted by Crippen LogP contribution is -2.41. The maximum Gasteiger partial charge on any atom is 0.191 e. The van der Waals surface area contributed by atoms with Crippen LogP contribution < -0.4 is 20.1 Å². The van der Waals surface area contributed by atoms with Crippen LogP contribution in [0.3, 0.4) is 0 Å². The minimum atomic E-state index is -0.162. The zero-order valence-electron chi connectivity index (χ0n) is 19.7. The van der Waals surface area contributed by atoms with Gasteiger partial charge in [-0.3, -0.25) is 4.99 Å². The monoisotopic (exact) mass is 535 g/mol. The first-order valence-corrected chi connectivity index (χ1v) is 10.6. The molecule has 0 aliphatic rings. The fourth-order valence-corrected chi connectivity index (χ4v) is 3.36. The van der Waals surface area contributed by atoms with Gasteiger partial charge >= 0.3 is 0 Å². The zero-order chi connectivity index (χ0) is 21.9. The lowest BCUT2D eigenvalue weighted by molar-refractivity contribution is 0.243. The second kappa shape index (κ2) is 14.7. The normalized spacial score (nSPS) is 12.9. The molecular weight excluding hydrogens is 493 g/mol. The smallest absolute Gasteiger partial charge is 0.191 e. The molecule has 3 N–H and O–H groups in total. The van der Waals surface area contributed by atoms with Gasteiger partial charge in [-0.1, -0.05) is 33.8 Å². The van der Waals surface area contributed by atoms with Crippen LogP contribution in [0.2, 0.25) is 0 Å². The predicted octanol–water partition coefficient (Wildman–Crippen LogP) is 4.20. The molecule has 0 aliphatic carbocycles. The molecule has 0 heterocycles. The van der Waals surface area contributed by atoms with E-state index in [0.29, 0.717) is 18.4 Å². The van der Waals surface area contributed by atoms with Gasteiger partial charge in [0.1, 0.15) is 0 Å². The Labute approximate surface area is 200 Å². The third kappa shape index (κ3) is 9.73. The first-order valence-electron chi connectivity index (χ1n) is 10.6. The molecule has 0 fully saturated rings. The summed E-state index contributed by atoms with van der Waals surface area (Å²) < 4.78 is 10.8. The van der Waals surface area contributed by atoms with Crippen LogP contribution in [0.25, 0.3) is 0 Å². The third-order valence-corrected chi connectivity index (χ3v) is 5.04. The number of nitrogens with one attached hydrogen (secondary N) is 2. The standard InChI is InChI=1S/C23H41N3O3.HI/c1-8-24-22(25-15-18(11-12-27)13-17(2)3)26-16-23(4,5)19-9-10-20(28-6)21(14-19)29-7;/h9-10,14,17-18,27H,8,11-13,15-16H2,1-7H3,(H2,24,25,26);1H. The van der Waals surface area contributed by atoms with Crippen molar-refractivity contribution in [2.75, 3.05) is 40.5 Å². The summed E-state index contributed by atoms with van der Waals surface area (Å²) in [4.78, 5) is 4.83. The highest BCUT2D eigenvalue weighted by Crippen LogP contribution is 2.33. The van der Waals surface area contributed by atoms with Crippen LogP contribution in [0.4, 0.5) is 0 Å². The molecule has 0 bridgehead atoms. The van der Waals surface area contributed by atoms with E-state index in [9.17, 15) is 5.11 Å². The van der Waals surface area contributed by atoms with Gasteiger partial charge < -0.3 is 25.2 Å². The highest BCUT2D eigenvalue weighted by atomic mass is 127. The van der Waals surface area contributed by atoms with E-state index in [0.717, 1.165) is 49.0 Å². The van der Waals surface area contributed by atoms with Crippen molar-refractivity contribution in [1.29, 1.82) is 0 Å². The molecule has 1 aromatic carbocycles. The molecule has 6 nitrogen and oxygen atoms in total. The highest BCUT2D eigenvalue weighted by Gasteiger charge is 2.22. The third-order valence-electron chi connectivity index (χ3n) is 5.04. The van der Waals surface area contributed by atoms with Crippen molar-refractivity contribution in [3.8, 4) is 11.5 Å². The second-order valence-corrected chi connectivity index (χ2v) is 8.54. The van der Waals surface area contributed by atoms with Crippen LogP contribution in [-0.4, -0.2) is 51.5 Å². The Bertz CT molecular complexity index is 636. The van der Waals surface area contributed by atoms with Crippen molar-refractivity contribution < 1.29 is 14.6 Å². The topological polar surface area (TPSA) is 75.1 Å². The first-order chi connectivity index (χ1) is 13.8. The molecule has 0 spiro atoms. The summed E-state index contributed by atoms with van der Waals surface area (Å²) in [5.41, 5.74) is 0.984. The maximum absolute atomic E-state index is 9.34. The van der Waals surface area contributed by atoms with Crippen molar-refractivity contribution in [3.05, 3.63) is 23.8 Å². The van der Waals surface area contributed by atoms with Gasteiger partial charge in [-0.15, -0.1) is 24.0 Å². The molecular formula is C23H42IN3O3. The lowest BCUT2D eigenvalue weighted by Gasteiger charge is -2.25. The number of ether oxygens (including phenoxy) is 2. The molecule has 1 unspecified atom stereocenters. The Kier molecular flexibility index (Phi) is 14.1. The molecule has 0 aliphatic heterocycles. The molecule has 1 aromatic rings. The Hall–Kier alpha value is -1.22. The van der Waals surface area contributed by atoms with Crippen LogP contribution in [-0.2, 0) is 5.41 Å². The van der Waals surface area contributed by atoms with Gasteiger partial charge in [0.2, 0.25) is 0 Å². The number of aliphatic hydroxyl groups is 1. The molecule has 0 saturated heterocycles. The van der Waals surface area contributed by atoms with Crippen molar-refractivity contribution >= 4 is 29.9 Å². The molecule has 1 atom stereocenters. The number of aliphatic imine (C=N–C) groups is 1. The van der Waals surface area contributed by atoms with Gasteiger partial charge in [0.25, 0.3) is 0 Å². The highest BCUT2D eigenvalue weighted by molar-refractivity contribution is 14.0. The minimum Gasteiger partial charge on any atom is -0.493 e. The lowest BCUT2D eigenvalue weighted by atomic mass is 9.84. The summed E-state index contributed by atoms with van der Waals surface area (Å²) in [7, 11) is 3.30. The molecule has 0 aromatic heterocycles. The number of rotatable bonds is 12.